The van der Waals surface area contributed by atoms with E-state index in [0.29, 0.717) is 10.8 Å². The first-order chi connectivity index (χ1) is 12.6. The van der Waals surface area contributed by atoms with Crippen LogP contribution in [-0.4, -0.2) is 23.0 Å². The van der Waals surface area contributed by atoms with Gasteiger partial charge in [0.05, 0.1) is 12.1 Å². The second-order valence-electron chi connectivity index (χ2n) is 6.46. The van der Waals surface area contributed by atoms with Gasteiger partial charge in [0.1, 0.15) is 0 Å². The van der Waals surface area contributed by atoms with Gasteiger partial charge < -0.3 is 10.6 Å². The molecule has 6 nitrogen and oxygen atoms in total. The maximum Gasteiger partial charge on any atom is 0.321 e. The number of hydrogen-bond donors (Lipinski definition) is 3. The summed E-state index contributed by atoms with van der Waals surface area (Å²) in [6.07, 6.45) is 5.45. The summed E-state index contributed by atoms with van der Waals surface area (Å²) in [5.74, 6) is -0.113. The molecule has 7 heteroatoms. The molecule has 0 radical (unpaired) electrons. The Morgan fingerprint density at radius 3 is 2.73 bits per heavy atom. The van der Waals surface area contributed by atoms with Gasteiger partial charge in [-0.05, 0) is 30.9 Å². The average molecular weight is 372 g/mol. The van der Waals surface area contributed by atoms with E-state index in [4.69, 9.17) is 0 Å². The largest absolute Gasteiger partial charge is 0.335 e. The molecule has 1 aromatic heterocycles. The van der Waals surface area contributed by atoms with E-state index in [1.165, 1.54) is 24.2 Å². The minimum Gasteiger partial charge on any atom is -0.335 e. The number of para-hydroxylation sites is 1. The van der Waals surface area contributed by atoms with Crippen molar-refractivity contribution >= 4 is 34.1 Å². The lowest BCUT2D eigenvalue weighted by atomic mass is 10.1. The summed E-state index contributed by atoms with van der Waals surface area (Å²) in [7, 11) is 0. The van der Waals surface area contributed by atoms with E-state index in [2.05, 4.69) is 27.9 Å². The summed E-state index contributed by atoms with van der Waals surface area (Å²) in [4.78, 5) is 28.6. The molecule has 0 unspecified atom stereocenters. The van der Waals surface area contributed by atoms with E-state index in [0.717, 1.165) is 30.5 Å². The lowest BCUT2D eigenvalue weighted by Crippen LogP contribution is -2.36. The number of carbonyl (C=O) groups excluding carboxylic acids is 2. The van der Waals surface area contributed by atoms with Gasteiger partial charge >= 0.3 is 6.03 Å². The van der Waals surface area contributed by atoms with Crippen molar-refractivity contribution in [3.63, 3.8) is 0 Å². The first-order valence-corrected chi connectivity index (χ1v) is 9.91. The number of amides is 3. The molecule has 1 aliphatic rings. The smallest absolute Gasteiger partial charge is 0.321 e. The van der Waals surface area contributed by atoms with E-state index in [1.54, 1.807) is 5.38 Å². The molecule has 1 aliphatic carbocycles. The molecule has 26 heavy (non-hydrogen) atoms. The van der Waals surface area contributed by atoms with Gasteiger partial charge in [0.15, 0.2) is 5.13 Å². The molecule has 138 valence electrons. The van der Waals surface area contributed by atoms with Crippen LogP contribution in [0.3, 0.4) is 0 Å². The van der Waals surface area contributed by atoms with Crippen molar-refractivity contribution in [2.24, 2.45) is 0 Å². The monoisotopic (exact) mass is 372 g/mol. The summed E-state index contributed by atoms with van der Waals surface area (Å²) in [5, 5.41) is 11.0. The molecule has 0 atom stereocenters. The second-order valence-corrected chi connectivity index (χ2v) is 7.32. The fraction of sp³-hybridized carbons (Fsp3) is 0.421. The zero-order valence-electron chi connectivity index (χ0n) is 14.9. The number of nitrogens with one attached hydrogen (secondary N) is 3. The van der Waals surface area contributed by atoms with Crippen LogP contribution in [0.1, 0.15) is 43.9 Å². The standard InChI is InChI=1S/C19H24N4O2S/c1-2-13-7-3-6-10-16(13)22-17(24)11-15-12-26-19(21-15)23-18(25)20-14-8-4-5-9-14/h3,6-7,10,12,14H,2,4-5,8-9,11H2,1H3,(H,22,24)(H2,20,21,23,25). The molecule has 1 saturated carbocycles. The van der Waals surface area contributed by atoms with Gasteiger partial charge in [0.25, 0.3) is 0 Å². The van der Waals surface area contributed by atoms with Crippen molar-refractivity contribution in [2.75, 3.05) is 10.6 Å². The Hall–Kier alpha value is -2.41. The van der Waals surface area contributed by atoms with Crippen LogP contribution in [0, 0.1) is 0 Å². The van der Waals surface area contributed by atoms with Crippen LogP contribution >= 0.6 is 11.3 Å². The number of nitrogens with zero attached hydrogens (tertiary/aromatic N) is 1. The van der Waals surface area contributed by atoms with Crippen LogP contribution < -0.4 is 16.0 Å². The SMILES string of the molecule is CCc1ccccc1NC(=O)Cc1csc(NC(=O)NC2CCCC2)n1. The maximum atomic E-state index is 12.3. The number of urea groups is 1. The third kappa shape index (κ3) is 5.05. The number of anilines is 2. The Morgan fingerprint density at radius 1 is 1.19 bits per heavy atom. The van der Waals surface area contributed by atoms with Gasteiger partial charge in [-0.2, -0.15) is 0 Å². The van der Waals surface area contributed by atoms with Crippen LogP contribution in [0.15, 0.2) is 29.6 Å². The molecular weight excluding hydrogens is 348 g/mol. The highest BCUT2D eigenvalue weighted by atomic mass is 32.1. The fourth-order valence-corrected chi connectivity index (χ4v) is 3.85. The molecule has 2 aromatic rings. The summed E-state index contributed by atoms with van der Waals surface area (Å²) >= 11 is 1.33. The fourth-order valence-electron chi connectivity index (χ4n) is 3.14. The van der Waals surface area contributed by atoms with Gasteiger partial charge in [-0.1, -0.05) is 38.0 Å². The highest BCUT2D eigenvalue weighted by Crippen LogP contribution is 2.20. The Labute approximate surface area is 157 Å². The first kappa shape index (κ1) is 18.4. The molecule has 1 fully saturated rings. The molecule has 3 N–H and O–H groups in total. The number of carbonyl (C=O) groups is 2. The van der Waals surface area contributed by atoms with Crippen molar-refractivity contribution in [2.45, 2.75) is 51.5 Å². The number of hydrogen-bond acceptors (Lipinski definition) is 4. The molecule has 0 spiro atoms. The number of aryl methyl sites for hydroxylation is 1. The summed E-state index contributed by atoms with van der Waals surface area (Å²) in [6, 6.07) is 7.81. The quantitative estimate of drug-likeness (QED) is 0.718. The molecular formula is C19H24N4O2S. The third-order valence-electron chi connectivity index (χ3n) is 4.48. The van der Waals surface area contributed by atoms with Crippen molar-refractivity contribution in [3.8, 4) is 0 Å². The van der Waals surface area contributed by atoms with Crippen LogP contribution in [0.5, 0.6) is 0 Å². The molecule has 3 rings (SSSR count). The Kier molecular flexibility index (Phi) is 6.22. The predicted molar refractivity (Wildman–Crippen MR) is 105 cm³/mol. The maximum absolute atomic E-state index is 12.3. The van der Waals surface area contributed by atoms with Gasteiger partial charge in [0.2, 0.25) is 5.91 Å². The number of benzene rings is 1. The van der Waals surface area contributed by atoms with Crippen LogP contribution in [0.25, 0.3) is 0 Å². The van der Waals surface area contributed by atoms with E-state index in [9.17, 15) is 9.59 Å². The second kappa shape index (κ2) is 8.80. The molecule has 0 saturated heterocycles. The number of thiazole rings is 1. The van der Waals surface area contributed by atoms with E-state index in [-0.39, 0.29) is 24.4 Å². The third-order valence-corrected chi connectivity index (χ3v) is 5.28. The lowest BCUT2D eigenvalue weighted by Gasteiger charge is -2.11. The Balaban J connectivity index is 1.51. The lowest BCUT2D eigenvalue weighted by molar-refractivity contribution is -0.115. The molecule has 1 heterocycles. The van der Waals surface area contributed by atoms with Gasteiger partial charge in [-0.15, -0.1) is 11.3 Å². The summed E-state index contributed by atoms with van der Waals surface area (Å²) in [5.41, 5.74) is 2.59. The molecule has 0 bridgehead atoms. The van der Waals surface area contributed by atoms with Crippen molar-refractivity contribution in [3.05, 3.63) is 40.9 Å². The van der Waals surface area contributed by atoms with E-state index in [1.807, 2.05) is 24.3 Å². The zero-order chi connectivity index (χ0) is 18.4. The highest BCUT2D eigenvalue weighted by Gasteiger charge is 2.18. The van der Waals surface area contributed by atoms with E-state index >= 15 is 0 Å². The van der Waals surface area contributed by atoms with Crippen molar-refractivity contribution < 1.29 is 9.59 Å². The minimum absolute atomic E-state index is 0.113. The van der Waals surface area contributed by atoms with Gasteiger partial charge in [0, 0.05) is 17.1 Å². The molecule has 3 amide bonds. The molecule has 0 aliphatic heterocycles. The topological polar surface area (TPSA) is 83.1 Å². The number of rotatable bonds is 6. The minimum atomic E-state index is -0.223. The average Bonchev–Trinajstić information content (AvgIpc) is 3.27. The van der Waals surface area contributed by atoms with Crippen molar-refractivity contribution in [1.29, 1.82) is 0 Å². The summed E-state index contributed by atoms with van der Waals surface area (Å²) < 4.78 is 0. The highest BCUT2D eigenvalue weighted by molar-refractivity contribution is 7.13. The number of aromatic nitrogens is 1. The van der Waals surface area contributed by atoms with Crippen molar-refractivity contribution in [1.82, 2.24) is 10.3 Å². The predicted octanol–water partition coefficient (Wildman–Crippen LogP) is 3.95. The van der Waals surface area contributed by atoms with Crippen LogP contribution in [0.2, 0.25) is 0 Å². The van der Waals surface area contributed by atoms with E-state index < -0.39 is 0 Å². The van der Waals surface area contributed by atoms with Crippen LogP contribution in [-0.2, 0) is 17.6 Å². The van der Waals surface area contributed by atoms with Gasteiger partial charge in [-0.25, -0.2) is 9.78 Å². The Morgan fingerprint density at radius 2 is 1.96 bits per heavy atom. The normalized spacial score (nSPS) is 14.2. The molecule has 1 aromatic carbocycles. The first-order valence-electron chi connectivity index (χ1n) is 9.03. The van der Waals surface area contributed by atoms with Gasteiger partial charge in [-0.3, -0.25) is 10.1 Å². The van der Waals surface area contributed by atoms with Crippen LogP contribution in [0.4, 0.5) is 15.6 Å². The Bertz CT molecular complexity index is 768. The zero-order valence-corrected chi connectivity index (χ0v) is 15.7. The summed E-state index contributed by atoms with van der Waals surface area (Å²) in [6.45, 7) is 2.06.